The van der Waals surface area contributed by atoms with E-state index in [4.69, 9.17) is 0 Å². The third kappa shape index (κ3) is 3.54. The minimum absolute atomic E-state index is 0.0610. The highest BCUT2D eigenvalue weighted by atomic mass is 32.1. The summed E-state index contributed by atoms with van der Waals surface area (Å²) in [5, 5.41) is 11.7. The molecule has 3 rings (SSSR count). The molecule has 0 unspecified atom stereocenters. The average Bonchev–Trinajstić information content (AvgIpc) is 3.32. The van der Waals surface area contributed by atoms with E-state index in [9.17, 15) is 4.79 Å². The van der Waals surface area contributed by atoms with E-state index in [-0.39, 0.29) is 11.9 Å². The summed E-state index contributed by atoms with van der Waals surface area (Å²) in [4.78, 5) is 14.9. The van der Waals surface area contributed by atoms with Crippen LogP contribution in [0.3, 0.4) is 0 Å². The predicted molar refractivity (Wildman–Crippen MR) is 95.3 cm³/mol. The Morgan fingerprint density at radius 1 is 1.21 bits per heavy atom. The van der Waals surface area contributed by atoms with Crippen LogP contribution < -0.4 is 0 Å². The summed E-state index contributed by atoms with van der Waals surface area (Å²) in [6.07, 6.45) is 4.20. The van der Waals surface area contributed by atoms with Crippen molar-refractivity contribution < 1.29 is 4.79 Å². The van der Waals surface area contributed by atoms with Crippen LogP contribution >= 0.6 is 11.3 Å². The number of thiophene rings is 1. The summed E-state index contributed by atoms with van der Waals surface area (Å²) >= 11 is 1.66. The van der Waals surface area contributed by atoms with E-state index in [0.717, 1.165) is 12.1 Å². The number of amides is 1. The van der Waals surface area contributed by atoms with Crippen molar-refractivity contribution in [3.05, 3.63) is 64.9 Å². The van der Waals surface area contributed by atoms with Gasteiger partial charge < -0.3 is 4.90 Å². The molecule has 0 saturated carbocycles. The first-order chi connectivity index (χ1) is 11.7. The second-order valence-corrected chi connectivity index (χ2v) is 6.52. The van der Waals surface area contributed by atoms with E-state index in [2.05, 4.69) is 35.5 Å². The minimum Gasteiger partial charge on any atom is -0.332 e. The smallest absolute Gasteiger partial charge is 0.254 e. The lowest BCUT2D eigenvalue weighted by atomic mass is 10.1. The highest BCUT2D eigenvalue weighted by Gasteiger charge is 2.21. The SMILES string of the molecule is CC[C@H](C)N(Cc1ccsc1)C(=O)c1ccc(-n2cnnc2)cc1. The quantitative estimate of drug-likeness (QED) is 0.686. The third-order valence-corrected chi connectivity index (χ3v) is 4.88. The molecular weight excluding hydrogens is 320 g/mol. The Hall–Kier alpha value is -2.47. The Labute approximate surface area is 145 Å². The van der Waals surface area contributed by atoms with Gasteiger partial charge in [0.1, 0.15) is 12.7 Å². The van der Waals surface area contributed by atoms with Crippen LogP contribution in [0.2, 0.25) is 0 Å². The second-order valence-electron chi connectivity index (χ2n) is 5.74. The molecule has 1 aromatic carbocycles. The summed E-state index contributed by atoms with van der Waals surface area (Å²) in [7, 11) is 0. The van der Waals surface area contributed by atoms with Gasteiger partial charge in [0, 0.05) is 23.8 Å². The van der Waals surface area contributed by atoms with Crippen LogP contribution in [-0.4, -0.2) is 31.6 Å². The van der Waals surface area contributed by atoms with Gasteiger partial charge in [-0.3, -0.25) is 9.36 Å². The molecule has 1 atom stereocenters. The number of nitrogens with zero attached hydrogens (tertiary/aromatic N) is 4. The van der Waals surface area contributed by atoms with Crippen LogP contribution in [0, 0.1) is 0 Å². The number of hydrogen-bond donors (Lipinski definition) is 0. The van der Waals surface area contributed by atoms with Gasteiger partial charge in [-0.15, -0.1) is 10.2 Å². The van der Waals surface area contributed by atoms with Crippen LogP contribution in [-0.2, 0) is 6.54 Å². The fraction of sp³-hybridized carbons (Fsp3) is 0.278. The molecule has 2 aromatic heterocycles. The molecule has 0 N–H and O–H groups in total. The standard InChI is InChI=1S/C18H20N4OS/c1-3-14(2)22(10-15-8-9-24-11-15)18(23)16-4-6-17(7-5-16)21-12-19-20-13-21/h4-9,11-14H,3,10H2,1-2H3/t14-/m0/s1. The highest BCUT2D eigenvalue weighted by molar-refractivity contribution is 7.07. The van der Waals surface area contributed by atoms with Crippen LogP contribution in [0.1, 0.15) is 36.2 Å². The minimum atomic E-state index is 0.0610. The molecule has 0 spiro atoms. The molecule has 0 aliphatic carbocycles. The summed E-state index contributed by atoms with van der Waals surface area (Å²) in [5.41, 5.74) is 2.81. The fourth-order valence-electron chi connectivity index (χ4n) is 2.50. The molecule has 0 aliphatic heterocycles. The van der Waals surface area contributed by atoms with Gasteiger partial charge in [0.15, 0.2) is 0 Å². The molecule has 6 heteroatoms. The van der Waals surface area contributed by atoms with Gasteiger partial charge in [-0.2, -0.15) is 11.3 Å². The lowest BCUT2D eigenvalue weighted by molar-refractivity contribution is 0.0672. The number of carbonyl (C=O) groups is 1. The lowest BCUT2D eigenvalue weighted by Crippen LogP contribution is -2.37. The van der Waals surface area contributed by atoms with Crippen molar-refractivity contribution >= 4 is 17.2 Å². The van der Waals surface area contributed by atoms with Crippen LogP contribution in [0.5, 0.6) is 0 Å². The first-order valence-corrected chi connectivity index (χ1v) is 8.90. The summed E-state index contributed by atoms with van der Waals surface area (Å²) in [5.74, 6) is 0.0610. The fourth-order valence-corrected chi connectivity index (χ4v) is 3.16. The van der Waals surface area contributed by atoms with E-state index >= 15 is 0 Å². The molecule has 0 fully saturated rings. The zero-order chi connectivity index (χ0) is 16.9. The zero-order valence-electron chi connectivity index (χ0n) is 13.8. The van der Waals surface area contributed by atoms with Crippen molar-refractivity contribution in [1.29, 1.82) is 0 Å². The Morgan fingerprint density at radius 3 is 2.50 bits per heavy atom. The molecule has 124 valence electrons. The zero-order valence-corrected chi connectivity index (χ0v) is 14.6. The molecule has 0 radical (unpaired) electrons. The van der Waals surface area contributed by atoms with E-state index in [1.807, 2.05) is 39.1 Å². The van der Waals surface area contributed by atoms with Crippen molar-refractivity contribution in [2.75, 3.05) is 0 Å². The molecule has 1 amide bonds. The van der Waals surface area contributed by atoms with E-state index in [1.54, 1.807) is 24.0 Å². The maximum absolute atomic E-state index is 13.0. The normalized spacial score (nSPS) is 12.1. The lowest BCUT2D eigenvalue weighted by Gasteiger charge is -2.28. The Kier molecular flexibility index (Phi) is 5.05. The molecule has 2 heterocycles. The number of rotatable bonds is 6. The van der Waals surface area contributed by atoms with E-state index in [0.29, 0.717) is 12.1 Å². The molecule has 0 saturated heterocycles. The maximum atomic E-state index is 13.0. The number of hydrogen-bond acceptors (Lipinski definition) is 4. The summed E-state index contributed by atoms with van der Waals surface area (Å²) in [6, 6.07) is 9.81. The Morgan fingerprint density at radius 2 is 1.92 bits per heavy atom. The van der Waals surface area contributed by atoms with Crippen molar-refractivity contribution in [3.63, 3.8) is 0 Å². The number of benzene rings is 1. The summed E-state index contributed by atoms with van der Waals surface area (Å²) < 4.78 is 1.81. The van der Waals surface area contributed by atoms with Crippen molar-refractivity contribution in [2.45, 2.75) is 32.9 Å². The van der Waals surface area contributed by atoms with Gasteiger partial charge >= 0.3 is 0 Å². The maximum Gasteiger partial charge on any atom is 0.254 e. The van der Waals surface area contributed by atoms with Gasteiger partial charge in [0.25, 0.3) is 5.91 Å². The Bertz CT molecular complexity index is 766. The van der Waals surface area contributed by atoms with Gasteiger partial charge in [-0.05, 0) is 60.0 Å². The van der Waals surface area contributed by atoms with Gasteiger partial charge in [0.2, 0.25) is 0 Å². The molecule has 0 bridgehead atoms. The van der Waals surface area contributed by atoms with E-state index < -0.39 is 0 Å². The van der Waals surface area contributed by atoms with Gasteiger partial charge in [-0.1, -0.05) is 6.92 Å². The molecule has 24 heavy (non-hydrogen) atoms. The number of carbonyl (C=O) groups excluding carboxylic acids is 1. The topological polar surface area (TPSA) is 51.0 Å². The molecule has 0 aliphatic rings. The predicted octanol–water partition coefficient (Wildman–Crippen LogP) is 3.77. The monoisotopic (exact) mass is 340 g/mol. The van der Waals surface area contributed by atoms with Crippen molar-refractivity contribution in [3.8, 4) is 5.69 Å². The van der Waals surface area contributed by atoms with Crippen LogP contribution in [0.4, 0.5) is 0 Å². The molecular formula is C18H20N4OS. The van der Waals surface area contributed by atoms with Crippen molar-refractivity contribution in [2.24, 2.45) is 0 Å². The number of aromatic nitrogens is 3. The van der Waals surface area contributed by atoms with Crippen molar-refractivity contribution in [1.82, 2.24) is 19.7 Å². The summed E-state index contributed by atoms with van der Waals surface area (Å²) in [6.45, 7) is 4.84. The van der Waals surface area contributed by atoms with Gasteiger partial charge in [0.05, 0.1) is 0 Å². The molecule has 5 nitrogen and oxygen atoms in total. The average molecular weight is 340 g/mol. The van der Waals surface area contributed by atoms with Crippen LogP contribution in [0.25, 0.3) is 5.69 Å². The highest BCUT2D eigenvalue weighted by Crippen LogP contribution is 2.18. The first-order valence-electron chi connectivity index (χ1n) is 7.96. The Balaban J connectivity index is 1.81. The third-order valence-electron chi connectivity index (χ3n) is 4.15. The van der Waals surface area contributed by atoms with Crippen LogP contribution in [0.15, 0.2) is 53.7 Å². The largest absolute Gasteiger partial charge is 0.332 e. The second kappa shape index (κ2) is 7.40. The first kappa shape index (κ1) is 16.4. The van der Waals surface area contributed by atoms with Gasteiger partial charge in [-0.25, -0.2) is 0 Å². The molecule has 3 aromatic rings. The van der Waals surface area contributed by atoms with E-state index in [1.165, 1.54) is 5.56 Å².